The SMILES string of the molecule is CN1C(=O)[C@@H](NC(=O)c2nc3n(n2)C(c2ccccc2F)CC3)CCc2cn(C)c(=O)cc21. The average Bonchev–Trinajstić information content (AvgIpc) is 3.36. The van der Waals surface area contributed by atoms with Crippen LogP contribution in [0.2, 0.25) is 0 Å². The van der Waals surface area contributed by atoms with E-state index in [2.05, 4.69) is 15.4 Å². The van der Waals surface area contributed by atoms with Crippen LogP contribution in [-0.2, 0) is 24.7 Å². The van der Waals surface area contributed by atoms with Gasteiger partial charge in [0.05, 0.1) is 11.7 Å². The summed E-state index contributed by atoms with van der Waals surface area (Å²) in [7, 11) is 3.25. The summed E-state index contributed by atoms with van der Waals surface area (Å²) in [6, 6.07) is 6.84. The third-order valence-electron chi connectivity index (χ3n) is 6.39. The van der Waals surface area contributed by atoms with E-state index in [4.69, 9.17) is 0 Å². The standard InChI is InChI=1S/C23H23FN6O3/c1-28-12-13-7-8-16(23(33)29(2)18(13)11-20(28)31)25-22(32)21-26-19-10-9-17(30(19)27-21)14-5-3-4-6-15(14)24/h3-6,11-12,16-17H,7-10H2,1-2H3,(H,25,32)/t16-,17?/m0/s1. The molecule has 0 aliphatic carbocycles. The molecule has 2 aliphatic rings. The number of carbonyl (C=O) groups excluding carboxylic acids is 2. The molecule has 0 spiro atoms. The molecule has 0 fully saturated rings. The van der Waals surface area contributed by atoms with E-state index < -0.39 is 11.9 Å². The van der Waals surface area contributed by atoms with Crippen LogP contribution in [-0.4, -0.2) is 44.2 Å². The zero-order valence-corrected chi connectivity index (χ0v) is 18.3. The molecule has 33 heavy (non-hydrogen) atoms. The Morgan fingerprint density at radius 2 is 1.94 bits per heavy atom. The summed E-state index contributed by atoms with van der Waals surface area (Å²) < 4.78 is 17.4. The number of anilines is 1. The van der Waals surface area contributed by atoms with Crippen LogP contribution < -0.4 is 15.8 Å². The first-order chi connectivity index (χ1) is 15.8. The van der Waals surface area contributed by atoms with E-state index in [0.29, 0.717) is 42.8 Å². The Morgan fingerprint density at radius 1 is 1.15 bits per heavy atom. The van der Waals surface area contributed by atoms with Gasteiger partial charge in [-0.2, -0.15) is 0 Å². The second-order valence-electron chi connectivity index (χ2n) is 8.47. The van der Waals surface area contributed by atoms with Gasteiger partial charge in [0.15, 0.2) is 0 Å². The van der Waals surface area contributed by atoms with E-state index in [1.807, 2.05) is 0 Å². The summed E-state index contributed by atoms with van der Waals surface area (Å²) in [6.45, 7) is 0. The van der Waals surface area contributed by atoms with Gasteiger partial charge in [0, 0.05) is 38.3 Å². The minimum Gasteiger partial charge on any atom is -0.337 e. The molecule has 0 bridgehead atoms. The second kappa shape index (κ2) is 7.95. The summed E-state index contributed by atoms with van der Waals surface area (Å²) in [6.07, 6.45) is 3.85. The molecule has 2 amide bonds. The third-order valence-corrected chi connectivity index (χ3v) is 6.39. The van der Waals surface area contributed by atoms with Crippen molar-refractivity contribution >= 4 is 17.5 Å². The lowest BCUT2D eigenvalue weighted by molar-refractivity contribution is -0.120. The van der Waals surface area contributed by atoms with Gasteiger partial charge < -0.3 is 14.8 Å². The Kier molecular flexibility index (Phi) is 5.07. The highest BCUT2D eigenvalue weighted by Gasteiger charge is 2.33. The molecule has 2 aromatic heterocycles. The Bertz CT molecular complexity index is 1330. The van der Waals surface area contributed by atoms with Crippen LogP contribution in [0.25, 0.3) is 0 Å². The van der Waals surface area contributed by atoms with Crippen molar-refractivity contribution in [3.63, 3.8) is 0 Å². The third kappa shape index (κ3) is 3.61. The molecule has 1 aromatic carbocycles. The van der Waals surface area contributed by atoms with Gasteiger partial charge in [0.1, 0.15) is 17.7 Å². The number of aromatic nitrogens is 4. The molecule has 1 N–H and O–H groups in total. The number of amides is 2. The summed E-state index contributed by atoms with van der Waals surface area (Å²) in [5, 5.41) is 7.09. The number of rotatable bonds is 3. The summed E-state index contributed by atoms with van der Waals surface area (Å²) in [5.41, 5.74) is 1.71. The van der Waals surface area contributed by atoms with E-state index in [1.54, 1.807) is 43.2 Å². The van der Waals surface area contributed by atoms with E-state index in [9.17, 15) is 18.8 Å². The summed E-state index contributed by atoms with van der Waals surface area (Å²) in [4.78, 5) is 43.7. The average molecular weight is 450 g/mol. The van der Waals surface area contributed by atoms with Crippen LogP contribution in [0.1, 0.15) is 46.5 Å². The fraction of sp³-hybridized carbons (Fsp3) is 0.348. The molecule has 3 aromatic rings. The molecular weight excluding hydrogens is 427 g/mol. The number of hydrogen-bond donors (Lipinski definition) is 1. The predicted molar refractivity (Wildman–Crippen MR) is 118 cm³/mol. The van der Waals surface area contributed by atoms with Crippen molar-refractivity contribution in [1.29, 1.82) is 0 Å². The molecule has 1 unspecified atom stereocenters. The number of hydrogen-bond acceptors (Lipinski definition) is 5. The van der Waals surface area contributed by atoms with E-state index in [-0.39, 0.29) is 29.1 Å². The number of aryl methyl sites for hydroxylation is 3. The quantitative estimate of drug-likeness (QED) is 0.649. The zero-order valence-electron chi connectivity index (χ0n) is 18.3. The van der Waals surface area contributed by atoms with Gasteiger partial charge in [-0.25, -0.2) is 14.1 Å². The molecule has 0 saturated carbocycles. The molecule has 9 nitrogen and oxygen atoms in total. The van der Waals surface area contributed by atoms with Gasteiger partial charge >= 0.3 is 0 Å². The fourth-order valence-electron chi connectivity index (χ4n) is 4.60. The number of pyridine rings is 1. The monoisotopic (exact) mass is 450 g/mol. The van der Waals surface area contributed by atoms with Gasteiger partial charge in [-0.1, -0.05) is 18.2 Å². The van der Waals surface area contributed by atoms with Gasteiger partial charge in [0.25, 0.3) is 11.5 Å². The fourth-order valence-corrected chi connectivity index (χ4v) is 4.60. The Balaban J connectivity index is 1.36. The van der Waals surface area contributed by atoms with Gasteiger partial charge in [-0.05, 0) is 30.9 Å². The summed E-state index contributed by atoms with van der Waals surface area (Å²) >= 11 is 0. The maximum atomic E-state index is 14.3. The zero-order chi connectivity index (χ0) is 23.3. The smallest absolute Gasteiger partial charge is 0.291 e. The van der Waals surface area contributed by atoms with Crippen molar-refractivity contribution < 1.29 is 14.0 Å². The molecule has 170 valence electrons. The van der Waals surface area contributed by atoms with Crippen molar-refractivity contribution in [1.82, 2.24) is 24.6 Å². The highest BCUT2D eigenvalue weighted by atomic mass is 19.1. The van der Waals surface area contributed by atoms with Crippen LogP contribution in [0.15, 0.2) is 41.3 Å². The molecule has 5 rings (SSSR count). The Labute approximate surface area is 188 Å². The van der Waals surface area contributed by atoms with Crippen molar-refractivity contribution in [2.75, 3.05) is 11.9 Å². The first-order valence-electron chi connectivity index (χ1n) is 10.8. The number of likely N-dealkylation sites (N-methyl/N-ethyl adjacent to an activating group) is 1. The van der Waals surface area contributed by atoms with Gasteiger partial charge in [0.2, 0.25) is 11.7 Å². The van der Waals surface area contributed by atoms with Crippen LogP contribution in [0, 0.1) is 5.82 Å². The van der Waals surface area contributed by atoms with E-state index in [1.165, 1.54) is 21.6 Å². The highest BCUT2D eigenvalue weighted by Crippen LogP contribution is 2.32. The Hall–Kier alpha value is -3.82. The predicted octanol–water partition coefficient (Wildman–Crippen LogP) is 1.36. The topological polar surface area (TPSA) is 102 Å². The molecule has 2 atom stereocenters. The number of nitrogens with zero attached hydrogens (tertiary/aromatic N) is 5. The lowest BCUT2D eigenvalue weighted by Gasteiger charge is -2.21. The molecule has 2 aliphatic heterocycles. The lowest BCUT2D eigenvalue weighted by atomic mass is 10.0. The number of halogens is 1. The van der Waals surface area contributed by atoms with E-state index in [0.717, 1.165) is 5.56 Å². The normalized spacial score (nSPS) is 19.7. The van der Waals surface area contributed by atoms with Gasteiger partial charge in [-0.15, -0.1) is 5.10 Å². The molecular formula is C23H23FN6O3. The first-order valence-corrected chi connectivity index (χ1v) is 10.8. The van der Waals surface area contributed by atoms with Crippen molar-refractivity contribution in [2.24, 2.45) is 7.05 Å². The second-order valence-corrected chi connectivity index (χ2v) is 8.47. The maximum absolute atomic E-state index is 14.3. The van der Waals surface area contributed by atoms with Crippen LogP contribution in [0.4, 0.5) is 10.1 Å². The number of benzene rings is 1. The van der Waals surface area contributed by atoms with E-state index >= 15 is 0 Å². The highest BCUT2D eigenvalue weighted by molar-refractivity contribution is 6.01. The first kappa shape index (κ1) is 21.0. The molecule has 4 heterocycles. The van der Waals surface area contributed by atoms with Crippen molar-refractivity contribution in [3.05, 3.63) is 75.5 Å². The minimum atomic E-state index is -0.781. The van der Waals surface area contributed by atoms with Crippen LogP contribution >= 0.6 is 0 Å². The number of fused-ring (bicyclic) bond motifs is 2. The largest absolute Gasteiger partial charge is 0.337 e. The summed E-state index contributed by atoms with van der Waals surface area (Å²) in [5.74, 6) is -0.626. The molecule has 10 heteroatoms. The Morgan fingerprint density at radius 3 is 2.73 bits per heavy atom. The number of nitrogens with one attached hydrogen (secondary N) is 1. The van der Waals surface area contributed by atoms with Crippen LogP contribution in [0.3, 0.4) is 0 Å². The maximum Gasteiger partial charge on any atom is 0.291 e. The minimum absolute atomic E-state index is 0.0449. The van der Waals surface area contributed by atoms with Crippen molar-refractivity contribution in [2.45, 2.75) is 37.8 Å². The molecule has 0 saturated heterocycles. The number of carbonyl (C=O) groups is 2. The lowest BCUT2D eigenvalue weighted by Crippen LogP contribution is -2.47. The molecule has 0 radical (unpaired) electrons. The van der Waals surface area contributed by atoms with Crippen molar-refractivity contribution in [3.8, 4) is 0 Å². The van der Waals surface area contributed by atoms with Gasteiger partial charge in [-0.3, -0.25) is 14.4 Å². The van der Waals surface area contributed by atoms with Crippen LogP contribution in [0.5, 0.6) is 0 Å².